The van der Waals surface area contributed by atoms with Crippen molar-refractivity contribution in [2.75, 3.05) is 7.11 Å². The van der Waals surface area contributed by atoms with Crippen LogP contribution in [0.1, 0.15) is 10.4 Å². The van der Waals surface area contributed by atoms with Gasteiger partial charge in [0.05, 0.1) is 12.5 Å². The number of hydrogen-bond donors (Lipinski definition) is 0. The van der Waals surface area contributed by atoms with Gasteiger partial charge >= 0.3 is 5.97 Å². The number of para-hydroxylation sites is 1. The van der Waals surface area contributed by atoms with E-state index >= 15 is 0 Å². The largest absolute Gasteiger partial charge is 0.465 e. The Kier molecular flexibility index (Phi) is 3.47. The number of fused-ring (bicyclic) bond motifs is 1. The Hall–Kier alpha value is -2.95. The third-order valence-electron chi connectivity index (χ3n) is 3.29. The summed E-state index contributed by atoms with van der Waals surface area (Å²) in [5.74, 6) is -1.15. The quantitative estimate of drug-likeness (QED) is 0.680. The third kappa shape index (κ3) is 2.26. The number of esters is 1. The second-order valence-electron chi connectivity index (χ2n) is 4.63. The van der Waals surface area contributed by atoms with Crippen LogP contribution in [0.4, 0.5) is 4.39 Å². The Bertz CT molecular complexity index is 910. The molecule has 0 spiro atoms. The van der Waals surface area contributed by atoms with E-state index in [0.717, 1.165) is 0 Å². The number of benzene rings is 2. The van der Waals surface area contributed by atoms with Gasteiger partial charge < -0.3 is 9.15 Å². The highest BCUT2D eigenvalue weighted by Gasteiger charge is 2.22. The van der Waals surface area contributed by atoms with E-state index in [1.165, 1.54) is 31.4 Å². The van der Waals surface area contributed by atoms with Crippen molar-refractivity contribution in [3.05, 3.63) is 70.1 Å². The van der Waals surface area contributed by atoms with Gasteiger partial charge in [-0.3, -0.25) is 4.79 Å². The second-order valence-corrected chi connectivity index (χ2v) is 4.63. The Morgan fingerprint density at radius 3 is 2.45 bits per heavy atom. The first-order valence-electron chi connectivity index (χ1n) is 6.52. The van der Waals surface area contributed by atoms with Crippen LogP contribution in [-0.2, 0) is 4.74 Å². The summed E-state index contributed by atoms with van der Waals surface area (Å²) in [6.45, 7) is 0. The van der Waals surface area contributed by atoms with Gasteiger partial charge in [0.1, 0.15) is 11.4 Å². The highest BCUT2D eigenvalue weighted by molar-refractivity contribution is 5.98. The van der Waals surface area contributed by atoms with E-state index < -0.39 is 17.2 Å². The minimum atomic E-state index is -0.793. The lowest BCUT2D eigenvalue weighted by molar-refractivity contribution is 0.0598. The molecular weight excluding hydrogens is 287 g/mol. The van der Waals surface area contributed by atoms with Gasteiger partial charge in [0.15, 0.2) is 11.3 Å². The zero-order valence-electron chi connectivity index (χ0n) is 11.6. The van der Waals surface area contributed by atoms with Crippen LogP contribution in [0.5, 0.6) is 0 Å². The van der Waals surface area contributed by atoms with Gasteiger partial charge in [0, 0.05) is 5.56 Å². The average Bonchev–Trinajstić information content (AvgIpc) is 2.55. The van der Waals surface area contributed by atoms with Gasteiger partial charge in [-0.05, 0) is 36.4 Å². The van der Waals surface area contributed by atoms with Crippen LogP contribution in [0, 0.1) is 5.82 Å². The predicted molar refractivity (Wildman–Crippen MR) is 79.2 cm³/mol. The van der Waals surface area contributed by atoms with Crippen LogP contribution >= 0.6 is 0 Å². The number of ether oxygens (including phenoxy) is 1. The van der Waals surface area contributed by atoms with Gasteiger partial charge in [0.25, 0.3) is 0 Å². The molecule has 22 heavy (non-hydrogen) atoms. The molecule has 0 aliphatic rings. The third-order valence-corrected chi connectivity index (χ3v) is 3.29. The molecule has 0 amide bonds. The first-order chi connectivity index (χ1) is 10.6. The summed E-state index contributed by atoms with van der Waals surface area (Å²) < 4.78 is 23.5. The summed E-state index contributed by atoms with van der Waals surface area (Å²) in [5.41, 5.74) is 0.0879. The molecule has 0 bridgehead atoms. The molecule has 5 heteroatoms. The second kappa shape index (κ2) is 5.44. The van der Waals surface area contributed by atoms with E-state index in [-0.39, 0.29) is 16.7 Å². The van der Waals surface area contributed by atoms with Gasteiger partial charge in [0.2, 0.25) is 5.43 Å². The molecule has 110 valence electrons. The van der Waals surface area contributed by atoms with Crippen LogP contribution in [0.15, 0.2) is 57.7 Å². The summed E-state index contributed by atoms with van der Waals surface area (Å²) >= 11 is 0. The first kappa shape index (κ1) is 14.0. The molecule has 0 fully saturated rings. The monoisotopic (exact) mass is 298 g/mol. The highest BCUT2D eigenvalue weighted by Crippen LogP contribution is 2.26. The zero-order chi connectivity index (χ0) is 15.7. The van der Waals surface area contributed by atoms with Crippen molar-refractivity contribution in [1.82, 2.24) is 0 Å². The van der Waals surface area contributed by atoms with Crippen molar-refractivity contribution < 1.29 is 18.3 Å². The number of methoxy groups -OCH3 is 1. The van der Waals surface area contributed by atoms with Gasteiger partial charge in [-0.1, -0.05) is 12.1 Å². The number of carbonyl (C=O) groups is 1. The van der Waals surface area contributed by atoms with Crippen molar-refractivity contribution in [3.8, 4) is 11.3 Å². The van der Waals surface area contributed by atoms with Gasteiger partial charge in [-0.2, -0.15) is 0 Å². The molecular formula is C17H11FO4. The van der Waals surface area contributed by atoms with Crippen molar-refractivity contribution in [2.45, 2.75) is 0 Å². The summed E-state index contributed by atoms with van der Waals surface area (Å²) in [6, 6.07) is 11.9. The topological polar surface area (TPSA) is 56.5 Å². The molecule has 0 N–H and O–H groups in total. The fraction of sp³-hybridized carbons (Fsp3) is 0.0588. The van der Waals surface area contributed by atoms with Crippen molar-refractivity contribution in [1.29, 1.82) is 0 Å². The smallest absolute Gasteiger partial charge is 0.345 e. The van der Waals surface area contributed by atoms with E-state index in [1.807, 2.05) is 0 Å². The highest BCUT2D eigenvalue weighted by atomic mass is 19.1. The molecule has 0 aliphatic carbocycles. The molecule has 0 atom stereocenters. The van der Waals surface area contributed by atoms with Crippen LogP contribution in [0.25, 0.3) is 22.3 Å². The Labute approximate surface area is 124 Å². The van der Waals surface area contributed by atoms with Crippen molar-refractivity contribution in [2.24, 2.45) is 0 Å². The molecule has 0 radical (unpaired) electrons. The van der Waals surface area contributed by atoms with Crippen molar-refractivity contribution >= 4 is 16.9 Å². The maximum atomic E-state index is 13.1. The first-order valence-corrected chi connectivity index (χ1v) is 6.52. The lowest BCUT2D eigenvalue weighted by Gasteiger charge is -2.08. The number of hydrogen-bond acceptors (Lipinski definition) is 4. The fourth-order valence-electron chi connectivity index (χ4n) is 2.23. The minimum absolute atomic E-state index is 0.0653. The van der Waals surface area contributed by atoms with E-state index in [9.17, 15) is 14.0 Å². The molecule has 1 aromatic heterocycles. The number of carbonyl (C=O) groups excluding carboxylic acids is 1. The Morgan fingerprint density at radius 1 is 1.09 bits per heavy atom. The van der Waals surface area contributed by atoms with Crippen molar-refractivity contribution in [3.63, 3.8) is 0 Å². The van der Waals surface area contributed by atoms with Crippen LogP contribution in [0.2, 0.25) is 0 Å². The molecule has 3 aromatic rings. The standard InChI is InChI=1S/C17H11FO4/c1-21-17(20)14-15(19)12-4-2-3-5-13(12)22-16(14)10-6-8-11(18)9-7-10/h2-9H,1H3. The van der Waals surface area contributed by atoms with E-state index in [1.54, 1.807) is 24.3 Å². The number of halogens is 1. The zero-order valence-corrected chi connectivity index (χ0v) is 11.6. The maximum Gasteiger partial charge on any atom is 0.345 e. The Morgan fingerprint density at radius 2 is 1.77 bits per heavy atom. The molecule has 1 heterocycles. The lowest BCUT2D eigenvalue weighted by atomic mass is 10.0. The molecule has 0 aliphatic heterocycles. The van der Waals surface area contributed by atoms with Gasteiger partial charge in [-0.15, -0.1) is 0 Å². The molecule has 3 rings (SSSR count). The van der Waals surface area contributed by atoms with Gasteiger partial charge in [-0.25, -0.2) is 9.18 Å². The fourth-order valence-corrected chi connectivity index (χ4v) is 2.23. The molecule has 2 aromatic carbocycles. The SMILES string of the molecule is COC(=O)c1c(-c2ccc(F)cc2)oc2ccccc2c1=O. The van der Waals surface area contributed by atoms with E-state index in [0.29, 0.717) is 11.1 Å². The van der Waals surface area contributed by atoms with E-state index in [4.69, 9.17) is 4.42 Å². The summed E-state index contributed by atoms with van der Waals surface area (Å²) in [6.07, 6.45) is 0. The lowest BCUT2D eigenvalue weighted by Crippen LogP contribution is -2.18. The molecule has 0 saturated carbocycles. The minimum Gasteiger partial charge on any atom is -0.465 e. The predicted octanol–water partition coefficient (Wildman–Crippen LogP) is 3.39. The maximum absolute atomic E-state index is 13.1. The van der Waals surface area contributed by atoms with E-state index in [2.05, 4.69) is 4.74 Å². The summed E-state index contributed by atoms with van der Waals surface area (Å²) in [4.78, 5) is 24.5. The average molecular weight is 298 g/mol. The molecule has 0 saturated heterocycles. The normalized spacial score (nSPS) is 10.6. The van der Waals surface area contributed by atoms with Crippen LogP contribution in [-0.4, -0.2) is 13.1 Å². The molecule has 4 nitrogen and oxygen atoms in total. The Balaban J connectivity index is 2.39. The van der Waals surface area contributed by atoms with Crippen LogP contribution < -0.4 is 5.43 Å². The summed E-state index contributed by atoms with van der Waals surface area (Å²) in [7, 11) is 1.19. The molecule has 0 unspecified atom stereocenters. The summed E-state index contributed by atoms with van der Waals surface area (Å²) in [5, 5.41) is 0.286. The number of rotatable bonds is 2. The van der Waals surface area contributed by atoms with Crippen LogP contribution in [0.3, 0.4) is 0 Å².